The van der Waals surface area contributed by atoms with Crippen LogP contribution in [0.25, 0.3) is 0 Å². The summed E-state index contributed by atoms with van der Waals surface area (Å²) in [6.07, 6.45) is 83.8. The average Bonchev–Trinajstić information content (AvgIpc) is 3.46. The van der Waals surface area contributed by atoms with Gasteiger partial charge in [0.2, 0.25) is 0 Å². The van der Waals surface area contributed by atoms with Gasteiger partial charge in [-0.15, -0.1) is 0 Å². The predicted molar refractivity (Wildman–Crippen MR) is 352 cm³/mol. The van der Waals surface area contributed by atoms with Gasteiger partial charge in [0.1, 0.15) is 13.2 Å². The molecule has 2 unspecified atom stereocenters. The fourth-order valence-electron chi connectivity index (χ4n) is 9.83. The maximum atomic E-state index is 12.9. The van der Waals surface area contributed by atoms with E-state index in [0.29, 0.717) is 17.4 Å². The van der Waals surface area contributed by atoms with E-state index >= 15 is 0 Å². The molecule has 9 heteroatoms. The summed E-state index contributed by atoms with van der Waals surface area (Å²) in [4.78, 5) is 37.5. The zero-order valence-corrected chi connectivity index (χ0v) is 54.8. The molecule has 0 aliphatic heterocycles. The molecular formula is C74H131NO8. The lowest BCUT2D eigenvalue weighted by molar-refractivity contribution is -0.870. The van der Waals surface area contributed by atoms with Gasteiger partial charge in [-0.25, -0.2) is 0 Å². The maximum absolute atomic E-state index is 12.9. The second-order valence-corrected chi connectivity index (χ2v) is 24.4. The van der Waals surface area contributed by atoms with Crippen LogP contribution in [-0.2, 0) is 33.3 Å². The Labute approximate surface area is 512 Å². The van der Waals surface area contributed by atoms with Gasteiger partial charge in [0.15, 0.2) is 12.4 Å². The third-order valence-corrected chi connectivity index (χ3v) is 15.1. The van der Waals surface area contributed by atoms with Gasteiger partial charge in [0.25, 0.3) is 0 Å². The fraction of sp³-hybridized carbons (Fsp3) is 0.770. The number of hydrogen-bond donors (Lipinski definition) is 0. The van der Waals surface area contributed by atoms with Gasteiger partial charge in [-0.2, -0.15) is 0 Å². The molecule has 480 valence electrons. The second kappa shape index (κ2) is 64.5. The summed E-state index contributed by atoms with van der Waals surface area (Å²) in [5, 5.41) is 11.8. The maximum Gasteiger partial charge on any atom is 0.306 e. The van der Waals surface area contributed by atoms with E-state index < -0.39 is 24.3 Å². The number of hydrogen-bond acceptors (Lipinski definition) is 8. The van der Waals surface area contributed by atoms with Crippen molar-refractivity contribution in [2.75, 3.05) is 47.5 Å². The van der Waals surface area contributed by atoms with Crippen molar-refractivity contribution in [1.82, 2.24) is 0 Å². The van der Waals surface area contributed by atoms with Crippen molar-refractivity contribution in [2.45, 2.75) is 322 Å². The molecular weight excluding hydrogens is 1030 g/mol. The highest BCUT2D eigenvalue weighted by Gasteiger charge is 2.22. The SMILES string of the molecule is CC/C=C\C/C=C\C/C=C\C/C=C\C/C=C\CCCCCCCCCC(=O)OC(COC(=O)CCCCCCCCCCCCCCCCCCCCCCCCC/C=C\C/C=C\CCCCCCC)COC(OCC[N+](C)(C)C)C(=O)[O-]. The van der Waals surface area contributed by atoms with Crippen LogP contribution < -0.4 is 5.11 Å². The number of quaternary nitrogens is 1. The minimum absolute atomic E-state index is 0.143. The smallest absolute Gasteiger partial charge is 0.306 e. The zero-order chi connectivity index (χ0) is 60.5. The van der Waals surface area contributed by atoms with Gasteiger partial charge >= 0.3 is 11.9 Å². The Morgan fingerprint density at radius 3 is 1.02 bits per heavy atom. The van der Waals surface area contributed by atoms with Crippen LogP contribution in [-0.4, -0.2) is 82.3 Å². The number of allylic oxidation sites excluding steroid dienone is 14. The summed E-state index contributed by atoms with van der Waals surface area (Å²) in [5.41, 5.74) is 0. The summed E-state index contributed by atoms with van der Waals surface area (Å²) in [5.74, 6) is -2.29. The Bertz CT molecular complexity index is 1640. The van der Waals surface area contributed by atoms with Crippen LogP contribution in [0.3, 0.4) is 0 Å². The first-order valence-electron chi connectivity index (χ1n) is 34.7. The van der Waals surface area contributed by atoms with Crippen LogP contribution in [0.1, 0.15) is 309 Å². The highest BCUT2D eigenvalue weighted by molar-refractivity contribution is 5.70. The van der Waals surface area contributed by atoms with Crippen molar-refractivity contribution in [2.24, 2.45) is 0 Å². The Morgan fingerprint density at radius 2 is 0.687 bits per heavy atom. The lowest BCUT2D eigenvalue weighted by Crippen LogP contribution is -2.44. The lowest BCUT2D eigenvalue weighted by atomic mass is 10.0. The number of nitrogens with zero attached hydrogens (tertiary/aromatic N) is 1. The van der Waals surface area contributed by atoms with Gasteiger partial charge in [-0.3, -0.25) is 9.59 Å². The summed E-state index contributed by atoms with van der Waals surface area (Å²) >= 11 is 0. The third kappa shape index (κ3) is 65.9. The number of carbonyl (C=O) groups is 3. The number of rotatable bonds is 64. The summed E-state index contributed by atoms with van der Waals surface area (Å²) < 4.78 is 22.8. The minimum atomic E-state index is -1.63. The van der Waals surface area contributed by atoms with Crippen LogP contribution >= 0.6 is 0 Å². The molecule has 0 aromatic carbocycles. The monoisotopic (exact) mass is 1160 g/mol. The number of ether oxygens (including phenoxy) is 4. The highest BCUT2D eigenvalue weighted by atomic mass is 16.7. The third-order valence-electron chi connectivity index (χ3n) is 15.1. The zero-order valence-electron chi connectivity index (χ0n) is 54.8. The van der Waals surface area contributed by atoms with Gasteiger partial charge in [-0.05, 0) is 89.9 Å². The Kier molecular flexibility index (Phi) is 61.7. The molecule has 0 saturated heterocycles. The molecule has 0 spiro atoms. The van der Waals surface area contributed by atoms with Gasteiger partial charge in [0.05, 0.1) is 40.3 Å². The van der Waals surface area contributed by atoms with E-state index in [4.69, 9.17) is 18.9 Å². The van der Waals surface area contributed by atoms with Gasteiger partial charge in [-0.1, -0.05) is 292 Å². The van der Waals surface area contributed by atoms with Crippen molar-refractivity contribution in [3.63, 3.8) is 0 Å². The number of carbonyl (C=O) groups excluding carboxylic acids is 3. The van der Waals surface area contributed by atoms with Crippen LogP contribution in [0.4, 0.5) is 0 Å². The molecule has 0 saturated carbocycles. The normalized spacial score (nSPS) is 13.2. The largest absolute Gasteiger partial charge is 0.545 e. The van der Waals surface area contributed by atoms with Crippen molar-refractivity contribution in [3.05, 3.63) is 85.1 Å². The second-order valence-electron chi connectivity index (χ2n) is 24.4. The molecule has 0 bridgehead atoms. The Hall–Kier alpha value is -3.53. The number of carboxylic acid groups (broad SMARTS) is 1. The van der Waals surface area contributed by atoms with Crippen molar-refractivity contribution >= 4 is 17.9 Å². The topological polar surface area (TPSA) is 111 Å². The van der Waals surface area contributed by atoms with E-state index in [1.807, 2.05) is 21.1 Å². The lowest BCUT2D eigenvalue weighted by Gasteiger charge is -2.26. The Balaban J connectivity index is 4.07. The number of likely N-dealkylation sites (N-methyl/N-ethyl adjacent to an activating group) is 1. The van der Waals surface area contributed by atoms with Crippen LogP contribution in [0.5, 0.6) is 0 Å². The molecule has 0 aliphatic rings. The molecule has 0 heterocycles. The van der Waals surface area contributed by atoms with Crippen LogP contribution in [0.2, 0.25) is 0 Å². The van der Waals surface area contributed by atoms with E-state index in [0.717, 1.165) is 83.5 Å². The quantitative estimate of drug-likeness (QED) is 0.0195. The molecule has 0 rings (SSSR count). The minimum Gasteiger partial charge on any atom is -0.545 e. The first kappa shape index (κ1) is 79.5. The standard InChI is InChI=1S/C74H131NO8/c1-6-8-10-12-14-16-18-20-22-24-26-28-30-31-32-33-34-35-36-37-38-39-40-41-43-44-46-48-50-52-54-56-58-60-62-64-71(76)81-68-70(69-82-74(73(78)79)80-67-66-75(3,4)5)83-72(77)65-63-61-59-57-55-53-51-49-47-45-42-29-27-25-23-21-19-17-15-13-11-9-7-2/h9,11,15,17-18,20-21,23-24,26-27,29,45,47,70,74H,6-8,10,12-14,16,19,22,25,28,30-44,46,48-69H2,1-5H3/b11-9-,17-15-,20-18-,23-21-,26-24-,29-27-,47-45-. The number of carboxylic acids is 1. The van der Waals surface area contributed by atoms with Crippen LogP contribution in [0, 0.1) is 0 Å². The van der Waals surface area contributed by atoms with Gasteiger partial charge < -0.3 is 33.3 Å². The summed E-state index contributed by atoms with van der Waals surface area (Å²) in [6, 6.07) is 0. The molecule has 0 N–H and O–H groups in total. The number of aliphatic carboxylic acids is 1. The Morgan fingerprint density at radius 1 is 0.373 bits per heavy atom. The van der Waals surface area contributed by atoms with E-state index in [1.54, 1.807) is 0 Å². The first-order valence-corrected chi connectivity index (χ1v) is 34.7. The van der Waals surface area contributed by atoms with Gasteiger partial charge in [0, 0.05) is 12.8 Å². The molecule has 2 atom stereocenters. The summed E-state index contributed by atoms with van der Waals surface area (Å²) in [6.45, 7) is 4.64. The molecule has 0 aromatic heterocycles. The molecule has 0 radical (unpaired) electrons. The number of esters is 2. The van der Waals surface area contributed by atoms with E-state index in [9.17, 15) is 19.5 Å². The molecule has 0 fully saturated rings. The van der Waals surface area contributed by atoms with E-state index in [1.165, 1.54) is 193 Å². The van der Waals surface area contributed by atoms with E-state index in [-0.39, 0.29) is 38.6 Å². The first-order chi connectivity index (χ1) is 40.6. The molecule has 0 aromatic rings. The van der Waals surface area contributed by atoms with Crippen molar-refractivity contribution in [1.29, 1.82) is 0 Å². The summed E-state index contributed by atoms with van der Waals surface area (Å²) in [7, 11) is 5.93. The van der Waals surface area contributed by atoms with E-state index in [2.05, 4.69) is 98.9 Å². The average molecular weight is 1160 g/mol. The predicted octanol–water partition coefficient (Wildman–Crippen LogP) is 20.1. The highest BCUT2D eigenvalue weighted by Crippen LogP contribution is 2.18. The van der Waals surface area contributed by atoms with Crippen LogP contribution in [0.15, 0.2) is 85.1 Å². The molecule has 0 aliphatic carbocycles. The number of unbranched alkanes of at least 4 members (excludes halogenated alkanes) is 35. The van der Waals surface area contributed by atoms with Crippen molar-refractivity contribution in [3.8, 4) is 0 Å². The molecule has 0 amide bonds. The van der Waals surface area contributed by atoms with Crippen molar-refractivity contribution < 1.29 is 42.9 Å². The fourth-order valence-corrected chi connectivity index (χ4v) is 9.83. The molecule has 83 heavy (non-hydrogen) atoms. The molecule has 9 nitrogen and oxygen atoms in total.